The molecule has 0 bridgehead atoms. The fourth-order valence-corrected chi connectivity index (χ4v) is 4.20. The summed E-state index contributed by atoms with van der Waals surface area (Å²) in [6.45, 7) is 7.30. The Hall–Kier alpha value is -2.50. The number of hydrogen-bond acceptors (Lipinski definition) is 7. The zero-order valence-corrected chi connectivity index (χ0v) is 20.2. The van der Waals surface area contributed by atoms with E-state index >= 15 is 0 Å². The Bertz CT molecular complexity index is 1030. The van der Waals surface area contributed by atoms with Gasteiger partial charge in [0.2, 0.25) is 5.91 Å². The highest BCUT2D eigenvalue weighted by molar-refractivity contribution is 7.87. The van der Waals surface area contributed by atoms with Crippen molar-refractivity contribution in [1.82, 2.24) is 10.3 Å². The molecule has 0 saturated carbocycles. The zero-order chi connectivity index (χ0) is 23.9. The van der Waals surface area contributed by atoms with E-state index in [2.05, 4.69) is 10.3 Å². The van der Waals surface area contributed by atoms with E-state index in [0.29, 0.717) is 6.42 Å². The quantitative estimate of drug-likeness (QED) is 0.348. The van der Waals surface area contributed by atoms with Crippen molar-refractivity contribution in [3.8, 4) is 0 Å². The molecule has 32 heavy (non-hydrogen) atoms. The number of anilines is 1. The maximum absolute atomic E-state index is 12.5. The van der Waals surface area contributed by atoms with Crippen molar-refractivity contribution in [3.05, 3.63) is 45.9 Å². The normalized spacial score (nSPS) is 12.8. The van der Waals surface area contributed by atoms with Crippen LogP contribution in [0.2, 0.25) is 0 Å². The summed E-state index contributed by atoms with van der Waals surface area (Å²) in [6, 6.07) is 6.02. The summed E-state index contributed by atoms with van der Waals surface area (Å²) in [6.07, 6.45) is 1.16. The minimum Gasteiger partial charge on any atom is -0.460 e. The molecule has 1 aromatic heterocycles. The first-order valence-electron chi connectivity index (χ1n) is 10.1. The van der Waals surface area contributed by atoms with Gasteiger partial charge in [0.1, 0.15) is 10.6 Å². The van der Waals surface area contributed by atoms with Gasteiger partial charge >= 0.3 is 16.3 Å². The van der Waals surface area contributed by atoms with Crippen molar-refractivity contribution in [2.24, 2.45) is 0 Å². The third-order valence-electron chi connectivity index (χ3n) is 4.18. The Morgan fingerprint density at radius 2 is 1.84 bits per heavy atom. The number of nitrogens with zero attached hydrogens (tertiary/aromatic N) is 1. The molecule has 0 fully saturated rings. The summed E-state index contributed by atoms with van der Waals surface area (Å²) in [5.74, 6) is -0.729. The molecule has 0 aliphatic heterocycles. The van der Waals surface area contributed by atoms with Crippen LogP contribution in [-0.2, 0) is 37.5 Å². The van der Waals surface area contributed by atoms with Crippen molar-refractivity contribution >= 4 is 39.2 Å². The lowest BCUT2D eigenvalue weighted by atomic mass is 10.1. The van der Waals surface area contributed by atoms with E-state index in [1.807, 2.05) is 17.0 Å². The molecule has 2 rings (SSSR count). The minimum atomic E-state index is -4.35. The van der Waals surface area contributed by atoms with E-state index < -0.39 is 27.9 Å². The maximum Gasteiger partial charge on any atom is 0.357 e. The van der Waals surface area contributed by atoms with Crippen LogP contribution in [0.4, 0.5) is 5.69 Å². The summed E-state index contributed by atoms with van der Waals surface area (Å²) in [4.78, 5) is 29.0. The van der Waals surface area contributed by atoms with Gasteiger partial charge in [-0.3, -0.25) is 18.9 Å². The molecule has 2 aromatic rings. The molecule has 0 spiro atoms. The van der Waals surface area contributed by atoms with Crippen molar-refractivity contribution in [3.63, 3.8) is 0 Å². The zero-order valence-electron chi connectivity index (χ0n) is 18.5. The van der Waals surface area contributed by atoms with Crippen LogP contribution in [0.5, 0.6) is 0 Å². The van der Waals surface area contributed by atoms with Gasteiger partial charge in [0, 0.05) is 11.8 Å². The standard InChI is InChI=1S/C21H29N3O6S2/c1-5-15-13-31-20(22-15)17(23-18(25)10-11-19(26)30-21(2,3)4)12-14-6-8-16(9-7-14)24-32(27,28)29/h6-9,13,17,24H,5,10-12H2,1-4H3,(H,23,25)(H,27,28,29). The molecular formula is C21H29N3O6S2. The number of thiazole rings is 1. The van der Waals surface area contributed by atoms with Gasteiger partial charge in [-0.2, -0.15) is 8.42 Å². The molecule has 1 heterocycles. The second-order valence-electron chi connectivity index (χ2n) is 8.22. The highest BCUT2D eigenvalue weighted by atomic mass is 32.2. The number of ether oxygens (including phenoxy) is 1. The molecule has 0 aliphatic rings. The van der Waals surface area contributed by atoms with Crippen LogP contribution in [0.15, 0.2) is 29.6 Å². The average molecular weight is 484 g/mol. The molecule has 1 aromatic carbocycles. The molecule has 11 heteroatoms. The Balaban J connectivity index is 2.08. The summed E-state index contributed by atoms with van der Waals surface area (Å²) in [5.41, 5.74) is 1.36. The van der Waals surface area contributed by atoms with Gasteiger partial charge in [0.05, 0.1) is 23.8 Å². The fraction of sp³-hybridized carbons (Fsp3) is 0.476. The van der Waals surface area contributed by atoms with Crippen LogP contribution in [0.25, 0.3) is 0 Å². The SMILES string of the molecule is CCc1csc(C(Cc2ccc(NS(=O)(=O)O)cc2)NC(=O)CCC(=O)OC(C)(C)C)n1. The Morgan fingerprint density at radius 3 is 2.38 bits per heavy atom. The van der Waals surface area contributed by atoms with Crippen LogP contribution in [0, 0.1) is 0 Å². The number of rotatable bonds is 10. The van der Waals surface area contributed by atoms with Crippen LogP contribution >= 0.6 is 11.3 Å². The Morgan fingerprint density at radius 1 is 1.19 bits per heavy atom. The van der Waals surface area contributed by atoms with Gasteiger partial charge < -0.3 is 10.1 Å². The van der Waals surface area contributed by atoms with Crippen molar-refractivity contribution in [2.75, 3.05) is 4.72 Å². The molecule has 0 aliphatic carbocycles. The number of aryl methyl sites for hydroxylation is 1. The monoisotopic (exact) mass is 483 g/mol. The highest BCUT2D eigenvalue weighted by Crippen LogP contribution is 2.24. The second kappa shape index (κ2) is 10.9. The minimum absolute atomic E-state index is 0.00532. The lowest BCUT2D eigenvalue weighted by Crippen LogP contribution is -2.31. The average Bonchev–Trinajstić information content (AvgIpc) is 3.14. The third kappa shape index (κ3) is 9.33. The molecule has 3 N–H and O–H groups in total. The van der Waals surface area contributed by atoms with E-state index in [-0.39, 0.29) is 24.4 Å². The second-order valence-corrected chi connectivity index (χ2v) is 10.3. The number of amides is 1. The molecule has 176 valence electrons. The van der Waals surface area contributed by atoms with Gasteiger partial charge in [0.25, 0.3) is 0 Å². The largest absolute Gasteiger partial charge is 0.460 e. The van der Waals surface area contributed by atoms with E-state index in [1.54, 1.807) is 32.9 Å². The fourth-order valence-electron chi connectivity index (χ4n) is 2.81. The Labute approximate surface area is 192 Å². The molecule has 9 nitrogen and oxygen atoms in total. The number of nitrogens with one attached hydrogen (secondary N) is 2. The summed E-state index contributed by atoms with van der Waals surface area (Å²) >= 11 is 1.44. The number of aromatic nitrogens is 1. The van der Waals surface area contributed by atoms with E-state index in [4.69, 9.17) is 9.29 Å². The van der Waals surface area contributed by atoms with Gasteiger partial charge in [-0.15, -0.1) is 11.3 Å². The summed E-state index contributed by atoms with van der Waals surface area (Å²) in [7, 11) is -4.35. The molecule has 1 amide bonds. The number of carbonyl (C=O) groups is 2. The molecular weight excluding hydrogens is 454 g/mol. The van der Waals surface area contributed by atoms with E-state index in [9.17, 15) is 18.0 Å². The third-order valence-corrected chi connectivity index (χ3v) is 5.68. The van der Waals surface area contributed by atoms with Crippen LogP contribution in [-0.4, -0.2) is 35.4 Å². The van der Waals surface area contributed by atoms with Crippen molar-refractivity contribution < 1.29 is 27.3 Å². The number of benzene rings is 1. The van der Waals surface area contributed by atoms with Crippen LogP contribution < -0.4 is 10.0 Å². The first-order valence-corrected chi connectivity index (χ1v) is 12.5. The summed E-state index contributed by atoms with van der Waals surface area (Å²) < 4.78 is 38.0. The lowest BCUT2D eigenvalue weighted by molar-refractivity contribution is -0.155. The molecule has 1 atom stereocenters. The molecule has 1 unspecified atom stereocenters. The van der Waals surface area contributed by atoms with Gasteiger partial charge in [-0.05, 0) is 51.3 Å². The van der Waals surface area contributed by atoms with Crippen molar-refractivity contribution in [1.29, 1.82) is 0 Å². The van der Waals surface area contributed by atoms with Gasteiger partial charge in [-0.25, -0.2) is 4.98 Å². The first kappa shape index (κ1) is 25.8. The highest BCUT2D eigenvalue weighted by Gasteiger charge is 2.21. The number of hydrogen-bond donors (Lipinski definition) is 3. The topological polar surface area (TPSA) is 135 Å². The van der Waals surface area contributed by atoms with Crippen molar-refractivity contribution in [2.45, 2.75) is 65.0 Å². The first-order chi connectivity index (χ1) is 14.8. The number of carbonyl (C=O) groups excluding carboxylic acids is 2. The summed E-state index contributed by atoms with van der Waals surface area (Å²) in [5, 5.41) is 5.62. The van der Waals surface area contributed by atoms with Gasteiger partial charge in [0.15, 0.2) is 0 Å². The lowest BCUT2D eigenvalue weighted by Gasteiger charge is -2.20. The smallest absolute Gasteiger partial charge is 0.357 e. The Kier molecular flexibility index (Phi) is 8.76. The number of esters is 1. The van der Waals surface area contributed by atoms with E-state index in [0.717, 1.165) is 22.7 Å². The predicted molar refractivity (Wildman–Crippen MR) is 123 cm³/mol. The van der Waals surface area contributed by atoms with E-state index in [1.165, 1.54) is 23.5 Å². The molecule has 0 radical (unpaired) electrons. The maximum atomic E-state index is 12.5. The van der Waals surface area contributed by atoms with Crippen LogP contribution in [0.3, 0.4) is 0 Å². The molecule has 0 saturated heterocycles. The predicted octanol–water partition coefficient (Wildman–Crippen LogP) is 3.44. The van der Waals surface area contributed by atoms with Gasteiger partial charge in [-0.1, -0.05) is 19.1 Å². The van der Waals surface area contributed by atoms with Crippen LogP contribution in [0.1, 0.15) is 62.8 Å².